The summed E-state index contributed by atoms with van der Waals surface area (Å²) in [6.45, 7) is 5.41. The molecular formula is C27H39ClN6O7S2. The minimum atomic E-state index is -3.88. The third-order valence-corrected chi connectivity index (χ3v) is 10.2. The topological polar surface area (TPSA) is 149 Å². The molecule has 3 aliphatic heterocycles. The molecule has 0 aromatic carbocycles. The Morgan fingerprint density at radius 2 is 1.84 bits per heavy atom. The number of urea groups is 1. The molecule has 43 heavy (non-hydrogen) atoms. The number of sulfonamides is 1. The summed E-state index contributed by atoms with van der Waals surface area (Å²) in [6.07, 6.45) is 4.08. The number of piperazine rings is 1. The summed E-state index contributed by atoms with van der Waals surface area (Å²) in [5, 5.41) is 3.67. The monoisotopic (exact) mass is 658 g/mol. The maximum absolute atomic E-state index is 13.3. The Labute approximate surface area is 261 Å². The summed E-state index contributed by atoms with van der Waals surface area (Å²) in [6, 6.07) is 1.40. The Bertz CT molecular complexity index is 1310. The van der Waals surface area contributed by atoms with Crippen molar-refractivity contribution in [1.82, 2.24) is 29.6 Å². The van der Waals surface area contributed by atoms with Gasteiger partial charge in [0, 0.05) is 62.1 Å². The van der Waals surface area contributed by atoms with Gasteiger partial charge >= 0.3 is 12.0 Å². The summed E-state index contributed by atoms with van der Waals surface area (Å²) >= 11 is 7.14. The molecule has 13 nitrogen and oxygen atoms in total. The van der Waals surface area contributed by atoms with Crippen LogP contribution in [0.15, 0.2) is 17.5 Å². The lowest BCUT2D eigenvalue weighted by atomic mass is 10.1. The summed E-state index contributed by atoms with van der Waals surface area (Å²) in [4.78, 5) is 58.4. The number of methoxy groups -OCH3 is 1. The maximum atomic E-state index is 13.3. The van der Waals surface area contributed by atoms with Crippen molar-refractivity contribution >= 4 is 62.9 Å². The van der Waals surface area contributed by atoms with Crippen molar-refractivity contribution in [1.29, 1.82) is 0 Å². The van der Waals surface area contributed by atoms with Crippen molar-refractivity contribution in [2.24, 2.45) is 0 Å². The number of piperidine rings is 1. The fraction of sp³-hybridized carbons (Fsp3) is 0.630. The number of thiophene rings is 1. The Kier molecular flexibility index (Phi) is 11.5. The molecule has 4 amide bonds. The molecule has 1 aromatic rings. The number of nitrogens with one attached hydrogen (secondary N) is 2. The molecule has 4 rings (SSSR count). The van der Waals surface area contributed by atoms with E-state index in [4.69, 9.17) is 11.6 Å². The standard InChI is InChI=1S/C27H39ClN6O7S2/c1-19(26(37)41-2)29-27(38)32-14-12-31(13-15-32)17-20-5-3-11-34(20)24(35)18-33-10-4-6-22(25(33)36)30-43(39,40)16-9-21-7-8-23(28)42-21/h7-9,16,19-20,22,30H,3-6,10-15,17-18H2,1-2H3,(H,29,38)/b16-9+/t19-,20-,22-/m0/s1. The number of carbonyl (C=O) groups excluding carboxylic acids is 4. The van der Waals surface area contributed by atoms with Gasteiger partial charge in [-0.15, -0.1) is 11.3 Å². The van der Waals surface area contributed by atoms with Gasteiger partial charge in [-0.05, 0) is 50.8 Å². The fourth-order valence-corrected chi connectivity index (χ4v) is 7.64. The number of esters is 1. The third-order valence-electron chi connectivity index (χ3n) is 7.89. The first-order valence-corrected chi connectivity index (χ1v) is 17.1. The van der Waals surface area contributed by atoms with E-state index in [1.807, 2.05) is 4.90 Å². The molecule has 0 unspecified atom stereocenters. The van der Waals surface area contributed by atoms with E-state index in [2.05, 4.69) is 19.7 Å². The van der Waals surface area contributed by atoms with Crippen LogP contribution in [0.2, 0.25) is 4.34 Å². The van der Waals surface area contributed by atoms with Gasteiger partial charge in [-0.2, -0.15) is 4.72 Å². The molecule has 0 radical (unpaired) electrons. The lowest BCUT2D eigenvalue weighted by molar-refractivity contribution is -0.143. The van der Waals surface area contributed by atoms with E-state index in [1.165, 1.54) is 29.4 Å². The van der Waals surface area contributed by atoms with Gasteiger partial charge in [0.15, 0.2) is 0 Å². The molecular weight excluding hydrogens is 620 g/mol. The van der Waals surface area contributed by atoms with Crippen molar-refractivity contribution in [2.45, 2.75) is 50.7 Å². The lowest BCUT2D eigenvalue weighted by Gasteiger charge is -2.38. The first-order valence-electron chi connectivity index (χ1n) is 14.4. The van der Waals surface area contributed by atoms with Gasteiger partial charge in [-0.3, -0.25) is 14.5 Å². The number of amides is 4. The Morgan fingerprint density at radius 3 is 2.51 bits per heavy atom. The van der Waals surface area contributed by atoms with Crippen LogP contribution in [0.3, 0.4) is 0 Å². The van der Waals surface area contributed by atoms with Gasteiger partial charge in [0.25, 0.3) is 0 Å². The number of rotatable bonds is 10. The number of hydrogen-bond donors (Lipinski definition) is 2. The second-order valence-corrected chi connectivity index (χ2v) is 14.3. The highest BCUT2D eigenvalue weighted by molar-refractivity contribution is 7.92. The molecule has 1 aromatic heterocycles. The maximum Gasteiger partial charge on any atom is 0.328 e. The second-order valence-electron chi connectivity index (χ2n) is 10.9. The summed E-state index contributed by atoms with van der Waals surface area (Å²) in [5.41, 5.74) is 0. The van der Waals surface area contributed by atoms with Gasteiger partial charge < -0.3 is 24.8 Å². The summed E-state index contributed by atoms with van der Waals surface area (Å²) < 4.78 is 32.9. The van der Waals surface area contributed by atoms with E-state index in [0.717, 1.165) is 18.2 Å². The molecule has 3 saturated heterocycles. The zero-order valence-electron chi connectivity index (χ0n) is 24.4. The molecule has 238 valence electrons. The van der Waals surface area contributed by atoms with Crippen molar-refractivity contribution in [3.05, 3.63) is 26.8 Å². The predicted molar refractivity (Wildman–Crippen MR) is 163 cm³/mol. The van der Waals surface area contributed by atoms with Crippen molar-refractivity contribution in [3.8, 4) is 0 Å². The predicted octanol–water partition coefficient (Wildman–Crippen LogP) is 1.16. The van der Waals surface area contributed by atoms with Gasteiger partial charge in [0.05, 0.1) is 18.0 Å². The number of carbonyl (C=O) groups is 4. The van der Waals surface area contributed by atoms with Gasteiger partial charge in [-0.25, -0.2) is 18.0 Å². The van der Waals surface area contributed by atoms with E-state index in [1.54, 1.807) is 24.0 Å². The Morgan fingerprint density at radius 1 is 1.12 bits per heavy atom. The average molecular weight is 659 g/mol. The first-order chi connectivity index (χ1) is 20.5. The van der Waals surface area contributed by atoms with E-state index in [9.17, 15) is 27.6 Å². The van der Waals surface area contributed by atoms with Crippen LogP contribution in [0.5, 0.6) is 0 Å². The lowest BCUT2D eigenvalue weighted by Crippen LogP contribution is -2.57. The van der Waals surface area contributed by atoms with Crippen molar-refractivity contribution < 1.29 is 32.3 Å². The number of ether oxygens (including phenoxy) is 1. The highest BCUT2D eigenvalue weighted by Crippen LogP contribution is 2.23. The number of halogens is 1. The van der Waals surface area contributed by atoms with Gasteiger partial charge in [-0.1, -0.05) is 11.6 Å². The van der Waals surface area contributed by atoms with E-state index in [-0.39, 0.29) is 24.5 Å². The number of hydrogen-bond acceptors (Lipinski definition) is 9. The Balaban J connectivity index is 1.25. The van der Waals surface area contributed by atoms with Crippen molar-refractivity contribution in [3.63, 3.8) is 0 Å². The van der Waals surface area contributed by atoms with E-state index in [0.29, 0.717) is 67.9 Å². The fourth-order valence-electron chi connectivity index (χ4n) is 5.57. The third kappa shape index (κ3) is 9.14. The molecule has 16 heteroatoms. The van der Waals surface area contributed by atoms with Crippen LogP contribution in [0.4, 0.5) is 4.79 Å². The van der Waals surface area contributed by atoms with Crippen LogP contribution in [0, 0.1) is 0 Å². The largest absolute Gasteiger partial charge is 0.467 e. The highest BCUT2D eigenvalue weighted by Gasteiger charge is 2.36. The van der Waals surface area contributed by atoms with Crippen LogP contribution >= 0.6 is 22.9 Å². The quantitative estimate of drug-likeness (QED) is 0.356. The van der Waals surface area contributed by atoms with Crippen LogP contribution in [0.1, 0.15) is 37.5 Å². The average Bonchev–Trinajstić information content (AvgIpc) is 3.62. The van der Waals surface area contributed by atoms with Gasteiger partial charge in [0.2, 0.25) is 21.8 Å². The van der Waals surface area contributed by atoms with Crippen LogP contribution < -0.4 is 10.0 Å². The number of nitrogens with zero attached hydrogens (tertiary/aromatic N) is 4. The van der Waals surface area contributed by atoms with Gasteiger partial charge in [0.1, 0.15) is 12.1 Å². The molecule has 4 heterocycles. The van der Waals surface area contributed by atoms with E-state index >= 15 is 0 Å². The number of likely N-dealkylation sites (tertiary alicyclic amines) is 2. The van der Waals surface area contributed by atoms with Crippen LogP contribution in [-0.2, 0) is 29.1 Å². The zero-order valence-corrected chi connectivity index (χ0v) is 26.8. The van der Waals surface area contributed by atoms with Crippen LogP contribution in [-0.4, -0.2) is 129 Å². The molecule has 3 atom stereocenters. The molecule has 3 fully saturated rings. The molecule has 2 N–H and O–H groups in total. The molecule has 0 spiro atoms. The summed E-state index contributed by atoms with van der Waals surface area (Å²) in [5.74, 6) is -1.06. The molecule has 0 saturated carbocycles. The molecule has 0 bridgehead atoms. The minimum absolute atomic E-state index is 0.00249. The minimum Gasteiger partial charge on any atom is -0.467 e. The summed E-state index contributed by atoms with van der Waals surface area (Å²) in [7, 11) is -2.61. The zero-order chi connectivity index (χ0) is 31.1. The highest BCUT2D eigenvalue weighted by atomic mass is 35.5. The molecule has 0 aliphatic carbocycles. The SMILES string of the molecule is COC(=O)[C@H](C)NC(=O)N1CCN(C[C@@H]2CCCN2C(=O)CN2CCC[C@H](NS(=O)(=O)/C=C/c3ccc(Cl)s3)C2=O)CC1. The normalized spacial score (nSPS) is 22.7. The Hall–Kier alpha value is -2.72. The van der Waals surface area contributed by atoms with E-state index < -0.39 is 34.0 Å². The first kappa shape index (κ1) is 33.2. The molecule has 3 aliphatic rings. The van der Waals surface area contributed by atoms with Crippen LogP contribution in [0.25, 0.3) is 6.08 Å². The second kappa shape index (κ2) is 14.8. The van der Waals surface area contributed by atoms with Crippen molar-refractivity contribution in [2.75, 3.05) is 59.5 Å². The smallest absolute Gasteiger partial charge is 0.328 e.